The molecule has 1 aliphatic heterocycles. The van der Waals surface area contributed by atoms with Crippen LogP contribution >= 0.6 is 0 Å². The van der Waals surface area contributed by atoms with Gasteiger partial charge in [0.15, 0.2) is 6.29 Å². The van der Waals surface area contributed by atoms with Crippen molar-refractivity contribution >= 4 is 11.8 Å². The molecule has 2 amide bonds. The Kier molecular flexibility index (Phi) is 12.2. The van der Waals surface area contributed by atoms with Crippen molar-refractivity contribution in [1.82, 2.24) is 10.6 Å². The van der Waals surface area contributed by atoms with E-state index in [0.29, 0.717) is 19.6 Å². The van der Waals surface area contributed by atoms with Crippen LogP contribution in [-0.4, -0.2) is 88.3 Å². The van der Waals surface area contributed by atoms with E-state index in [-0.39, 0.29) is 31.6 Å². The first-order valence-corrected chi connectivity index (χ1v) is 9.53. The van der Waals surface area contributed by atoms with Gasteiger partial charge in [-0.05, 0) is 12.8 Å². The second-order valence-electron chi connectivity index (χ2n) is 6.46. The summed E-state index contributed by atoms with van der Waals surface area (Å²) in [4.78, 5) is 23.5. The van der Waals surface area contributed by atoms with E-state index in [4.69, 9.17) is 23.7 Å². The molecule has 1 rings (SSSR count). The first-order valence-electron chi connectivity index (χ1n) is 9.53. The molecule has 1 aliphatic rings. The predicted molar refractivity (Wildman–Crippen MR) is 99.4 cm³/mol. The lowest BCUT2D eigenvalue weighted by Gasteiger charge is -2.45. The van der Waals surface area contributed by atoms with Gasteiger partial charge in [0.2, 0.25) is 11.8 Å². The van der Waals surface area contributed by atoms with E-state index in [9.17, 15) is 14.7 Å². The summed E-state index contributed by atoms with van der Waals surface area (Å²) in [7, 11) is 3.01. The minimum Gasteiger partial charge on any atom is -0.396 e. The molecule has 1 saturated heterocycles. The molecule has 0 aromatic rings. The Morgan fingerprint density at radius 3 is 2.43 bits per heavy atom. The van der Waals surface area contributed by atoms with Gasteiger partial charge in [-0.1, -0.05) is 6.92 Å². The van der Waals surface area contributed by atoms with Crippen molar-refractivity contribution < 1.29 is 38.4 Å². The Morgan fingerprint density at radius 2 is 1.86 bits per heavy atom. The van der Waals surface area contributed by atoms with Gasteiger partial charge < -0.3 is 39.4 Å². The lowest BCUT2D eigenvalue weighted by atomic mass is 9.94. The number of ether oxygens (including phenoxy) is 5. The monoisotopic (exact) mass is 406 g/mol. The van der Waals surface area contributed by atoms with Gasteiger partial charge in [-0.25, -0.2) is 0 Å². The minimum absolute atomic E-state index is 0.104. The zero-order valence-corrected chi connectivity index (χ0v) is 17.1. The predicted octanol–water partition coefficient (Wildman–Crippen LogP) is -0.465. The maximum absolute atomic E-state index is 11.8. The molecule has 1 heterocycles. The molecule has 10 heteroatoms. The molecule has 28 heavy (non-hydrogen) atoms. The molecule has 0 radical (unpaired) electrons. The Labute approximate surface area is 166 Å². The Hall–Kier alpha value is -1.30. The average molecular weight is 406 g/mol. The van der Waals surface area contributed by atoms with E-state index < -0.39 is 30.6 Å². The van der Waals surface area contributed by atoms with Gasteiger partial charge in [0.25, 0.3) is 0 Å². The standard InChI is InChI=1S/C18H34N2O8/c1-5-9-26-10-7-14(23)19-11-27-18-15(20-12(2)22)17(25-4)16(24-3)13(28-18)6-8-21/h13,15-18,21H,5-11H2,1-4H3,(H,19,23)(H,20,22). The first kappa shape index (κ1) is 24.7. The summed E-state index contributed by atoms with van der Waals surface area (Å²) >= 11 is 0. The summed E-state index contributed by atoms with van der Waals surface area (Å²) < 4.78 is 27.8. The second kappa shape index (κ2) is 13.8. The molecule has 0 bridgehead atoms. The summed E-state index contributed by atoms with van der Waals surface area (Å²) in [6.07, 6.45) is -0.995. The molecular formula is C18H34N2O8. The molecule has 164 valence electrons. The van der Waals surface area contributed by atoms with E-state index in [2.05, 4.69) is 10.6 Å². The summed E-state index contributed by atoms with van der Waals surface area (Å²) in [5, 5.41) is 14.7. The van der Waals surface area contributed by atoms with E-state index in [0.717, 1.165) is 6.42 Å². The van der Waals surface area contributed by atoms with Crippen molar-refractivity contribution in [3.8, 4) is 0 Å². The van der Waals surface area contributed by atoms with Crippen molar-refractivity contribution in [2.24, 2.45) is 0 Å². The van der Waals surface area contributed by atoms with Crippen LogP contribution in [0, 0.1) is 0 Å². The fourth-order valence-corrected chi connectivity index (χ4v) is 3.06. The third-order valence-electron chi connectivity index (χ3n) is 4.31. The number of carbonyl (C=O) groups is 2. The van der Waals surface area contributed by atoms with Crippen LogP contribution in [-0.2, 0) is 33.3 Å². The topological polar surface area (TPSA) is 125 Å². The summed E-state index contributed by atoms with van der Waals surface area (Å²) in [5.74, 6) is -0.496. The highest BCUT2D eigenvalue weighted by atomic mass is 16.7. The number of aliphatic hydroxyl groups excluding tert-OH is 1. The quantitative estimate of drug-likeness (QED) is 0.277. The lowest BCUT2D eigenvalue weighted by Crippen LogP contribution is -2.65. The zero-order valence-electron chi connectivity index (χ0n) is 17.1. The van der Waals surface area contributed by atoms with Crippen molar-refractivity contribution in [2.75, 3.05) is 40.8 Å². The van der Waals surface area contributed by atoms with Crippen LogP contribution in [0.15, 0.2) is 0 Å². The molecule has 3 N–H and O–H groups in total. The first-order chi connectivity index (χ1) is 13.5. The van der Waals surface area contributed by atoms with Gasteiger partial charge in [0.05, 0.1) is 19.1 Å². The van der Waals surface area contributed by atoms with Crippen LogP contribution in [0.3, 0.4) is 0 Å². The second-order valence-corrected chi connectivity index (χ2v) is 6.46. The number of nitrogens with one attached hydrogen (secondary N) is 2. The Balaban J connectivity index is 2.67. The largest absolute Gasteiger partial charge is 0.396 e. The van der Waals surface area contributed by atoms with Crippen molar-refractivity contribution in [3.05, 3.63) is 0 Å². The molecule has 0 aromatic heterocycles. The third kappa shape index (κ3) is 7.98. The van der Waals surface area contributed by atoms with Gasteiger partial charge in [-0.15, -0.1) is 0 Å². The highest BCUT2D eigenvalue weighted by Gasteiger charge is 2.47. The van der Waals surface area contributed by atoms with Crippen molar-refractivity contribution in [3.63, 3.8) is 0 Å². The van der Waals surface area contributed by atoms with Crippen LogP contribution in [0.5, 0.6) is 0 Å². The average Bonchev–Trinajstić information content (AvgIpc) is 2.66. The van der Waals surface area contributed by atoms with Crippen LogP contribution in [0.1, 0.15) is 33.1 Å². The number of hydrogen-bond donors (Lipinski definition) is 3. The minimum atomic E-state index is -0.881. The Morgan fingerprint density at radius 1 is 1.14 bits per heavy atom. The van der Waals surface area contributed by atoms with Gasteiger partial charge in [0.1, 0.15) is 25.0 Å². The van der Waals surface area contributed by atoms with Gasteiger partial charge >= 0.3 is 0 Å². The third-order valence-corrected chi connectivity index (χ3v) is 4.31. The van der Waals surface area contributed by atoms with Crippen molar-refractivity contribution in [1.29, 1.82) is 0 Å². The number of hydrogen-bond acceptors (Lipinski definition) is 8. The molecule has 5 unspecified atom stereocenters. The number of amides is 2. The Bertz CT molecular complexity index is 465. The molecule has 0 aromatic carbocycles. The molecule has 0 saturated carbocycles. The number of carbonyl (C=O) groups excluding carboxylic acids is 2. The molecule has 0 aliphatic carbocycles. The van der Waals surface area contributed by atoms with Gasteiger partial charge in [0, 0.05) is 34.4 Å². The molecule has 1 fully saturated rings. The van der Waals surface area contributed by atoms with Crippen LogP contribution < -0.4 is 10.6 Å². The normalized spacial score (nSPS) is 27.4. The number of aliphatic hydroxyl groups is 1. The molecule has 10 nitrogen and oxygen atoms in total. The van der Waals surface area contributed by atoms with Crippen LogP contribution in [0.2, 0.25) is 0 Å². The van der Waals surface area contributed by atoms with E-state index in [1.54, 1.807) is 0 Å². The van der Waals surface area contributed by atoms with E-state index in [1.165, 1.54) is 21.1 Å². The van der Waals surface area contributed by atoms with Gasteiger partial charge in [-0.3, -0.25) is 9.59 Å². The SMILES string of the molecule is CCCOCCC(=O)NCOC1OC(CCO)C(OC)C(OC)C1NC(C)=O. The fraction of sp³-hybridized carbons (Fsp3) is 0.889. The zero-order chi connectivity index (χ0) is 20.9. The van der Waals surface area contributed by atoms with E-state index in [1.807, 2.05) is 6.92 Å². The summed E-state index contributed by atoms with van der Waals surface area (Å²) in [6.45, 7) is 4.12. The fourth-order valence-electron chi connectivity index (χ4n) is 3.06. The summed E-state index contributed by atoms with van der Waals surface area (Å²) in [6, 6.07) is -0.646. The maximum Gasteiger partial charge on any atom is 0.224 e. The lowest BCUT2D eigenvalue weighted by molar-refractivity contribution is -0.275. The van der Waals surface area contributed by atoms with Gasteiger partial charge in [-0.2, -0.15) is 0 Å². The maximum atomic E-state index is 11.8. The number of methoxy groups -OCH3 is 2. The summed E-state index contributed by atoms with van der Waals surface area (Å²) in [5.41, 5.74) is 0. The number of rotatable bonds is 13. The highest BCUT2D eigenvalue weighted by Crippen LogP contribution is 2.27. The van der Waals surface area contributed by atoms with Crippen LogP contribution in [0.4, 0.5) is 0 Å². The molecule has 0 spiro atoms. The highest BCUT2D eigenvalue weighted by molar-refractivity contribution is 5.75. The van der Waals surface area contributed by atoms with Crippen LogP contribution in [0.25, 0.3) is 0 Å². The van der Waals surface area contributed by atoms with Crippen molar-refractivity contribution in [2.45, 2.75) is 63.8 Å². The van der Waals surface area contributed by atoms with E-state index >= 15 is 0 Å². The smallest absolute Gasteiger partial charge is 0.224 e. The molecule has 5 atom stereocenters. The molecular weight excluding hydrogens is 372 g/mol.